The van der Waals surface area contributed by atoms with Crippen molar-refractivity contribution in [3.63, 3.8) is 0 Å². The predicted molar refractivity (Wildman–Crippen MR) is 89.9 cm³/mol. The summed E-state index contributed by atoms with van der Waals surface area (Å²) in [6.07, 6.45) is 0. The van der Waals surface area contributed by atoms with Gasteiger partial charge in [0.05, 0.1) is 6.04 Å². The first kappa shape index (κ1) is 16.2. The van der Waals surface area contributed by atoms with Crippen molar-refractivity contribution in [3.05, 3.63) is 65.5 Å². The van der Waals surface area contributed by atoms with Crippen molar-refractivity contribution in [1.29, 1.82) is 0 Å². The average Bonchev–Trinajstić information content (AvgIpc) is 2.70. The normalized spacial score (nSPS) is 17.2. The second-order valence-corrected chi connectivity index (χ2v) is 6.21. The van der Waals surface area contributed by atoms with E-state index in [0.717, 1.165) is 5.56 Å². The van der Waals surface area contributed by atoms with Crippen molar-refractivity contribution in [3.8, 4) is 0 Å². The minimum Gasteiger partial charge on any atom is -0.324 e. The standard InChI is InChI=1S/C19H19FN2O2/c1-12(2)19(24)22-11-17(23)21-16-9-8-14(20)10-15(16)18(22)13-6-4-3-5-7-13/h3-10,12,18H,11H2,1-2H3,(H,21,23)/t18-/m1/s1. The molecule has 124 valence electrons. The Bertz CT molecular complexity index is 774. The Hall–Kier alpha value is -2.69. The fraction of sp³-hybridized carbons (Fsp3) is 0.263. The summed E-state index contributed by atoms with van der Waals surface area (Å²) in [7, 11) is 0. The third-order valence-electron chi connectivity index (χ3n) is 4.10. The molecule has 2 aromatic carbocycles. The Morgan fingerprint density at radius 2 is 1.92 bits per heavy atom. The van der Waals surface area contributed by atoms with Crippen LogP contribution in [0.5, 0.6) is 0 Å². The monoisotopic (exact) mass is 326 g/mol. The number of anilines is 1. The Morgan fingerprint density at radius 1 is 1.21 bits per heavy atom. The SMILES string of the molecule is CC(C)C(=O)N1CC(=O)Nc2ccc(F)cc2[C@H]1c1ccccc1. The molecule has 0 aromatic heterocycles. The lowest BCUT2D eigenvalue weighted by Gasteiger charge is -2.31. The first-order chi connectivity index (χ1) is 11.5. The van der Waals surface area contributed by atoms with Gasteiger partial charge in [0.15, 0.2) is 0 Å². The number of halogens is 1. The van der Waals surface area contributed by atoms with Crippen LogP contribution in [0.3, 0.4) is 0 Å². The molecule has 5 heteroatoms. The number of benzene rings is 2. The van der Waals surface area contributed by atoms with E-state index < -0.39 is 11.9 Å². The molecular weight excluding hydrogens is 307 g/mol. The number of nitrogens with zero attached hydrogens (tertiary/aromatic N) is 1. The lowest BCUT2D eigenvalue weighted by atomic mass is 9.95. The second-order valence-electron chi connectivity index (χ2n) is 6.21. The maximum atomic E-state index is 13.9. The predicted octanol–water partition coefficient (Wildman–Crippen LogP) is 3.35. The molecule has 0 aliphatic carbocycles. The molecule has 0 saturated heterocycles. The summed E-state index contributed by atoms with van der Waals surface area (Å²) in [4.78, 5) is 26.5. The topological polar surface area (TPSA) is 49.4 Å². The van der Waals surface area contributed by atoms with E-state index in [9.17, 15) is 14.0 Å². The van der Waals surface area contributed by atoms with Gasteiger partial charge in [-0.2, -0.15) is 0 Å². The fourth-order valence-corrected chi connectivity index (χ4v) is 3.01. The molecule has 0 saturated carbocycles. The number of amides is 2. The lowest BCUT2D eigenvalue weighted by Crippen LogP contribution is -2.41. The quantitative estimate of drug-likeness (QED) is 0.920. The molecule has 2 amide bonds. The second kappa shape index (κ2) is 6.43. The highest BCUT2D eigenvalue weighted by atomic mass is 19.1. The van der Waals surface area contributed by atoms with E-state index >= 15 is 0 Å². The zero-order valence-corrected chi connectivity index (χ0v) is 13.6. The molecule has 3 rings (SSSR count). The summed E-state index contributed by atoms with van der Waals surface area (Å²) in [5.74, 6) is -1.09. The van der Waals surface area contributed by atoms with Crippen molar-refractivity contribution in [2.45, 2.75) is 19.9 Å². The Morgan fingerprint density at radius 3 is 2.58 bits per heavy atom. The molecular formula is C19H19FN2O2. The van der Waals surface area contributed by atoms with Gasteiger partial charge in [0.1, 0.15) is 12.4 Å². The van der Waals surface area contributed by atoms with E-state index in [1.165, 1.54) is 17.0 Å². The summed E-state index contributed by atoms with van der Waals surface area (Å²) in [5, 5.41) is 2.77. The zero-order valence-electron chi connectivity index (χ0n) is 13.6. The summed E-state index contributed by atoms with van der Waals surface area (Å²) >= 11 is 0. The van der Waals surface area contributed by atoms with Gasteiger partial charge in [0, 0.05) is 17.2 Å². The van der Waals surface area contributed by atoms with Crippen LogP contribution in [0.15, 0.2) is 48.5 Å². The van der Waals surface area contributed by atoms with Crippen molar-refractivity contribution >= 4 is 17.5 Å². The van der Waals surface area contributed by atoms with Crippen LogP contribution < -0.4 is 5.32 Å². The Labute approximate surface area is 140 Å². The number of carbonyl (C=O) groups excluding carboxylic acids is 2. The van der Waals surface area contributed by atoms with Crippen LogP contribution >= 0.6 is 0 Å². The van der Waals surface area contributed by atoms with Gasteiger partial charge in [0.2, 0.25) is 11.8 Å². The molecule has 0 spiro atoms. The third-order valence-corrected chi connectivity index (χ3v) is 4.10. The molecule has 1 heterocycles. The molecule has 2 aromatic rings. The van der Waals surface area contributed by atoms with Gasteiger partial charge in [-0.05, 0) is 23.8 Å². The van der Waals surface area contributed by atoms with Gasteiger partial charge in [0.25, 0.3) is 0 Å². The summed E-state index contributed by atoms with van der Waals surface area (Å²) in [5.41, 5.74) is 1.96. The number of carbonyl (C=O) groups is 2. The van der Waals surface area contributed by atoms with E-state index in [-0.39, 0.29) is 24.3 Å². The number of rotatable bonds is 2. The molecule has 1 aliphatic rings. The summed E-state index contributed by atoms with van der Waals surface area (Å²) in [6.45, 7) is 3.52. The molecule has 0 unspecified atom stereocenters. The van der Waals surface area contributed by atoms with E-state index in [0.29, 0.717) is 11.3 Å². The van der Waals surface area contributed by atoms with E-state index in [4.69, 9.17) is 0 Å². The maximum Gasteiger partial charge on any atom is 0.244 e. The summed E-state index contributed by atoms with van der Waals surface area (Å²) < 4.78 is 13.9. The number of fused-ring (bicyclic) bond motifs is 1. The van der Waals surface area contributed by atoms with Crippen LogP contribution in [0.4, 0.5) is 10.1 Å². The minimum atomic E-state index is -0.509. The Kier molecular flexibility index (Phi) is 4.34. The van der Waals surface area contributed by atoms with E-state index in [2.05, 4.69) is 5.32 Å². The van der Waals surface area contributed by atoms with Gasteiger partial charge in [-0.3, -0.25) is 9.59 Å². The van der Waals surface area contributed by atoms with Gasteiger partial charge < -0.3 is 10.2 Å². The number of hydrogen-bond acceptors (Lipinski definition) is 2. The summed E-state index contributed by atoms with van der Waals surface area (Å²) in [6, 6.07) is 13.1. The van der Waals surface area contributed by atoms with Crippen molar-refractivity contribution in [1.82, 2.24) is 4.90 Å². The van der Waals surface area contributed by atoms with Gasteiger partial charge in [-0.15, -0.1) is 0 Å². The van der Waals surface area contributed by atoms with Crippen molar-refractivity contribution < 1.29 is 14.0 Å². The Balaban J connectivity index is 2.21. The molecule has 1 atom stereocenters. The highest BCUT2D eigenvalue weighted by Crippen LogP contribution is 2.36. The third kappa shape index (κ3) is 3.02. The number of hydrogen-bond donors (Lipinski definition) is 1. The van der Waals surface area contributed by atoms with Crippen molar-refractivity contribution in [2.24, 2.45) is 5.92 Å². The first-order valence-corrected chi connectivity index (χ1v) is 7.92. The molecule has 1 N–H and O–H groups in total. The van der Waals surface area contributed by atoms with Crippen LogP contribution in [0.2, 0.25) is 0 Å². The fourth-order valence-electron chi connectivity index (χ4n) is 3.01. The highest BCUT2D eigenvalue weighted by molar-refractivity contribution is 5.97. The number of nitrogens with one attached hydrogen (secondary N) is 1. The molecule has 24 heavy (non-hydrogen) atoms. The van der Waals surface area contributed by atoms with Crippen LogP contribution in [0.1, 0.15) is 31.0 Å². The van der Waals surface area contributed by atoms with Crippen LogP contribution in [0, 0.1) is 11.7 Å². The molecule has 0 bridgehead atoms. The lowest BCUT2D eigenvalue weighted by molar-refractivity contribution is -0.139. The molecule has 0 fully saturated rings. The van der Waals surface area contributed by atoms with Gasteiger partial charge in [-0.25, -0.2) is 4.39 Å². The van der Waals surface area contributed by atoms with Gasteiger partial charge >= 0.3 is 0 Å². The molecule has 1 aliphatic heterocycles. The van der Waals surface area contributed by atoms with Crippen LogP contribution in [-0.4, -0.2) is 23.3 Å². The van der Waals surface area contributed by atoms with E-state index in [1.807, 2.05) is 30.3 Å². The maximum absolute atomic E-state index is 13.9. The zero-order chi connectivity index (χ0) is 17.3. The smallest absolute Gasteiger partial charge is 0.244 e. The molecule has 0 radical (unpaired) electrons. The highest BCUT2D eigenvalue weighted by Gasteiger charge is 2.34. The molecule has 4 nitrogen and oxygen atoms in total. The minimum absolute atomic E-state index is 0.0626. The van der Waals surface area contributed by atoms with Gasteiger partial charge in [-0.1, -0.05) is 44.2 Å². The average molecular weight is 326 g/mol. The van der Waals surface area contributed by atoms with E-state index in [1.54, 1.807) is 19.9 Å². The largest absolute Gasteiger partial charge is 0.324 e. The van der Waals surface area contributed by atoms with Crippen LogP contribution in [0.25, 0.3) is 0 Å². The van der Waals surface area contributed by atoms with Crippen molar-refractivity contribution in [2.75, 3.05) is 11.9 Å². The van der Waals surface area contributed by atoms with Crippen LogP contribution in [-0.2, 0) is 9.59 Å². The first-order valence-electron chi connectivity index (χ1n) is 7.92.